The maximum absolute atomic E-state index is 11.2. The molecule has 0 amide bonds. The van der Waals surface area contributed by atoms with Crippen LogP contribution in [-0.2, 0) is 0 Å². The maximum Gasteiger partial charge on any atom is 0.160 e. The quantitative estimate of drug-likeness (QED) is 0.625. The van der Waals surface area contributed by atoms with Crippen LogP contribution in [0.4, 0.5) is 0 Å². The average Bonchev–Trinajstić information content (AvgIpc) is 2.48. The van der Waals surface area contributed by atoms with Crippen molar-refractivity contribution in [3.63, 3.8) is 0 Å². The van der Waals surface area contributed by atoms with E-state index in [1.54, 1.807) is 19.1 Å². The van der Waals surface area contributed by atoms with Crippen molar-refractivity contribution in [3.8, 4) is 0 Å². The first-order valence-electron chi connectivity index (χ1n) is 4.06. The predicted molar refractivity (Wildman–Crippen MR) is 48.8 cm³/mol. The molecule has 0 bridgehead atoms. The van der Waals surface area contributed by atoms with Crippen LogP contribution in [0, 0.1) is 6.92 Å². The van der Waals surface area contributed by atoms with Crippen molar-refractivity contribution in [1.29, 1.82) is 0 Å². The van der Waals surface area contributed by atoms with E-state index in [1.165, 1.54) is 0 Å². The van der Waals surface area contributed by atoms with Gasteiger partial charge in [0.25, 0.3) is 0 Å². The first kappa shape index (κ1) is 7.98. The van der Waals surface area contributed by atoms with Gasteiger partial charge in [-0.2, -0.15) is 0 Å². The highest BCUT2D eigenvalue weighted by Crippen LogP contribution is 2.21. The summed E-state index contributed by atoms with van der Waals surface area (Å²) >= 11 is 0. The SMILES string of the molecule is CC(=O)c1cccc2noc(C)c12. The normalized spacial score (nSPS) is 10.6. The molecule has 2 rings (SSSR count). The zero-order chi connectivity index (χ0) is 9.42. The van der Waals surface area contributed by atoms with Crippen LogP contribution >= 0.6 is 0 Å². The van der Waals surface area contributed by atoms with Gasteiger partial charge in [0.05, 0.1) is 5.39 Å². The Labute approximate surface area is 75.3 Å². The van der Waals surface area contributed by atoms with E-state index in [9.17, 15) is 4.79 Å². The lowest BCUT2D eigenvalue weighted by atomic mass is 10.1. The second-order valence-corrected chi connectivity index (χ2v) is 2.99. The van der Waals surface area contributed by atoms with Gasteiger partial charge in [0.1, 0.15) is 11.3 Å². The smallest absolute Gasteiger partial charge is 0.160 e. The van der Waals surface area contributed by atoms with Gasteiger partial charge >= 0.3 is 0 Å². The number of ketones is 1. The molecule has 0 saturated carbocycles. The second-order valence-electron chi connectivity index (χ2n) is 2.99. The minimum atomic E-state index is 0.0388. The zero-order valence-corrected chi connectivity index (χ0v) is 7.50. The Morgan fingerprint density at radius 2 is 2.23 bits per heavy atom. The molecule has 1 heterocycles. The van der Waals surface area contributed by atoms with Gasteiger partial charge in [0.2, 0.25) is 0 Å². The number of fused-ring (bicyclic) bond motifs is 1. The van der Waals surface area contributed by atoms with Gasteiger partial charge < -0.3 is 4.52 Å². The van der Waals surface area contributed by atoms with Crippen LogP contribution in [0.5, 0.6) is 0 Å². The summed E-state index contributed by atoms with van der Waals surface area (Å²) in [7, 11) is 0. The molecule has 66 valence electrons. The summed E-state index contributed by atoms with van der Waals surface area (Å²) in [6, 6.07) is 5.42. The van der Waals surface area contributed by atoms with Gasteiger partial charge in [0.15, 0.2) is 5.78 Å². The Morgan fingerprint density at radius 1 is 1.46 bits per heavy atom. The topological polar surface area (TPSA) is 43.1 Å². The molecule has 0 aliphatic heterocycles. The number of carbonyl (C=O) groups is 1. The third kappa shape index (κ3) is 1.13. The summed E-state index contributed by atoms with van der Waals surface area (Å²) in [5.41, 5.74) is 1.42. The summed E-state index contributed by atoms with van der Waals surface area (Å²) in [4.78, 5) is 11.2. The molecule has 0 atom stereocenters. The molecule has 1 aromatic heterocycles. The second kappa shape index (κ2) is 2.69. The monoisotopic (exact) mass is 175 g/mol. The number of benzene rings is 1. The number of aromatic nitrogens is 1. The van der Waals surface area contributed by atoms with E-state index in [4.69, 9.17) is 4.52 Å². The number of hydrogen-bond acceptors (Lipinski definition) is 3. The standard InChI is InChI=1S/C10H9NO2/c1-6(12)8-4-3-5-9-10(8)7(2)13-11-9/h3-5H,1-2H3. The molecule has 3 heteroatoms. The highest BCUT2D eigenvalue weighted by Gasteiger charge is 2.11. The van der Waals surface area contributed by atoms with Crippen LogP contribution in [0.25, 0.3) is 10.9 Å². The Bertz CT molecular complexity index is 471. The van der Waals surface area contributed by atoms with Crippen LogP contribution in [-0.4, -0.2) is 10.9 Å². The lowest BCUT2D eigenvalue weighted by molar-refractivity contribution is 0.101. The highest BCUT2D eigenvalue weighted by atomic mass is 16.5. The van der Waals surface area contributed by atoms with E-state index >= 15 is 0 Å². The van der Waals surface area contributed by atoms with E-state index in [0.717, 1.165) is 10.9 Å². The molecule has 0 radical (unpaired) electrons. The average molecular weight is 175 g/mol. The minimum absolute atomic E-state index is 0.0388. The molecule has 0 spiro atoms. The summed E-state index contributed by atoms with van der Waals surface area (Å²) in [5, 5.41) is 4.66. The highest BCUT2D eigenvalue weighted by molar-refractivity contribution is 6.06. The molecule has 0 saturated heterocycles. The van der Waals surface area contributed by atoms with Crippen LogP contribution < -0.4 is 0 Å². The minimum Gasteiger partial charge on any atom is -0.360 e. The largest absolute Gasteiger partial charge is 0.360 e. The summed E-state index contributed by atoms with van der Waals surface area (Å²) < 4.78 is 5.00. The number of nitrogens with zero attached hydrogens (tertiary/aromatic N) is 1. The Hall–Kier alpha value is -1.64. The van der Waals surface area contributed by atoms with Crippen molar-refractivity contribution in [2.75, 3.05) is 0 Å². The third-order valence-electron chi connectivity index (χ3n) is 2.05. The van der Waals surface area contributed by atoms with Gasteiger partial charge in [-0.15, -0.1) is 0 Å². The van der Waals surface area contributed by atoms with E-state index in [1.807, 2.05) is 13.0 Å². The summed E-state index contributed by atoms with van der Waals surface area (Å²) in [6.07, 6.45) is 0. The molecule has 0 aliphatic carbocycles. The fourth-order valence-corrected chi connectivity index (χ4v) is 1.44. The van der Waals surface area contributed by atoms with Crippen LogP contribution in [0.15, 0.2) is 22.7 Å². The molecule has 0 unspecified atom stereocenters. The van der Waals surface area contributed by atoms with Crippen molar-refractivity contribution in [3.05, 3.63) is 29.5 Å². The van der Waals surface area contributed by atoms with Crippen molar-refractivity contribution in [1.82, 2.24) is 5.16 Å². The Balaban J connectivity index is 2.88. The molecule has 0 aliphatic rings. The van der Waals surface area contributed by atoms with E-state index < -0.39 is 0 Å². The Morgan fingerprint density at radius 3 is 2.92 bits per heavy atom. The van der Waals surface area contributed by atoms with Gasteiger partial charge in [-0.05, 0) is 19.9 Å². The third-order valence-corrected chi connectivity index (χ3v) is 2.05. The molecule has 0 fully saturated rings. The molecular formula is C10H9NO2. The Kier molecular flexibility index (Phi) is 1.65. The van der Waals surface area contributed by atoms with Gasteiger partial charge in [-0.25, -0.2) is 0 Å². The maximum atomic E-state index is 11.2. The summed E-state index contributed by atoms with van der Waals surface area (Å²) in [6.45, 7) is 3.35. The molecule has 1 aromatic carbocycles. The molecule has 13 heavy (non-hydrogen) atoms. The number of Topliss-reactive ketones (excluding diaryl/α,β-unsaturated/α-hetero) is 1. The van der Waals surface area contributed by atoms with Gasteiger partial charge in [0, 0.05) is 5.56 Å². The summed E-state index contributed by atoms with van der Waals surface area (Å²) in [5.74, 6) is 0.734. The lowest BCUT2D eigenvalue weighted by Crippen LogP contribution is -1.92. The lowest BCUT2D eigenvalue weighted by Gasteiger charge is -1.95. The van der Waals surface area contributed by atoms with Crippen molar-refractivity contribution < 1.29 is 9.32 Å². The molecule has 3 nitrogen and oxygen atoms in total. The fourth-order valence-electron chi connectivity index (χ4n) is 1.44. The fraction of sp³-hybridized carbons (Fsp3) is 0.200. The molecule has 0 N–H and O–H groups in total. The van der Waals surface area contributed by atoms with Gasteiger partial charge in [-0.1, -0.05) is 17.3 Å². The number of hydrogen-bond donors (Lipinski definition) is 0. The first-order chi connectivity index (χ1) is 6.20. The van der Waals surface area contributed by atoms with E-state index in [2.05, 4.69) is 5.16 Å². The number of aryl methyl sites for hydroxylation is 1. The van der Waals surface area contributed by atoms with Crippen molar-refractivity contribution >= 4 is 16.7 Å². The number of carbonyl (C=O) groups excluding carboxylic acids is 1. The van der Waals surface area contributed by atoms with Crippen LogP contribution in [0.3, 0.4) is 0 Å². The first-order valence-corrected chi connectivity index (χ1v) is 4.06. The zero-order valence-electron chi connectivity index (χ0n) is 7.50. The van der Waals surface area contributed by atoms with E-state index in [-0.39, 0.29) is 5.78 Å². The predicted octanol–water partition coefficient (Wildman–Crippen LogP) is 2.34. The van der Waals surface area contributed by atoms with Crippen LogP contribution in [0.2, 0.25) is 0 Å². The van der Waals surface area contributed by atoms with Gasteiger partial charge in [-0.3, -0.25) is 4.79 Å². The van der Waals surface area contributed by atoms with Crippen LogP contribution in [0.1, 0.15) is 23.0 Å². The molecular weight excluding hydrogens is 166 g/mol. The molecule has 2 aromatic rings. The number of rotatable bonds is 1. The van der Waals surface area contributed by atoms with Crippen molar-refractivity contribution in [2.24, 2.45) is 0 Å². The van der Waals surface area contributed by atoms with E-state index in [0.29, 0.717) is 11.3 Å². The van der Waals surface area contributed by atoms with Crippen molar-refractivity contribution in [2.45, 2.75) is 13.8 Å².